The van der Waals surface area contributed by atoms with Crippen LogP contribution in [-0.2, 0) is 16.0 Å². The van der Waals surface area contributed by atoms with Crippen LogP contribution in [0.4, 0.5) is 5.69 Å². The summed E-state index contributed by atoms with van der Waals surface area (Å²) >= 11 is 0. The number of hydrogen-bond acceptors (Lipinski definition) is 6. The zero-order valence-corrected chi connectivity index (χ0v) is 17.8. The molecule has 0 bridgehead atoms. The van der Waals surface area contributed by atoms with Crippen molar-refractivity contribution < 1.29 is 28.6 Å². The van der Waals surface area contributed by atoms with E-state index in [9.17, 15) is 14.7 Å². The van der Waals surface area contributed by atoms with Gasteiger partial charge in [0.25, 0.3) is 5.91 Å². The predicted molar refractivity (Wildman–Crippen MR) is 118 cm³/mol. The summed E-state index contributed by atoms with van der Waals surface area (Å²) in [6.45, 7) is 0. The Morgan fingerprint density at radius 3 is 2.31 bits per heavy atom. The van der Waals surface area contributed by atoms with Crippen molar-refractivity contribution in [2.24, 2.45) is 0 Å². The molecule has 1 atom stereocenters. The van der Waals surface area contributed by atoms with Crippen molar-refractivity contribution in [1.82, 2.24) is 0 Å². The third-order valence-corrected chi connectivity index (χ3v) is 5.42. The first kappa shape index (κ1) is 21.2. The smallest absolute Gasteiger partial charge is 0.294 e. The average Bonchev–Trinajstić information content (AvgIpc) is 3.44. The molecule has 2 heterocycles. The highest BCUT2D eigenvalue weighted by Crippen LogP contribution is 2.43. The number of ketones is 1. The number of hydrogen-bond donors (Lipinski definition) is 1. The van der Waals surface area contributed by atoms with Gasteiger partial charge in [0.2, 0.25) is 0 Å². The van der Waals surface area contributed by atoms with Crippen molar-refractivity contribution in [3.8, 4) is 11.5 Å². The minimum Gasteiger partial charge on any atom is -0.503 e. The summed E-state index contributed by atoms with van der Waals surface area (Å²) in [7, 11) is 3.01. The standard InChI is InChI=1S/C25H23NO6/c1-30-18-13-17(14-19(15-18)31-2)26-23(21-9-6-12-32-21)22(24(28)25(26)29)20(27)11-10-16-7-4-3-5-8-16/h3-9,12-15,23,28H,10-11H2,1-2H3. The minimum atomic E-state index is -0.905. The molecule has 1 amide bonds. The topological polar surface area (TPSA) is 89.2 Å². The van der Waals surface area contributed by atoms with Gasteiger partial charge in [0.05, 0.1) is 31.7 Å². The molecule has 7 heteroatoms. The zero-order chi connectivity index (χ0) is 22.7. The molecule has 3 aromatic rings. The highest BCUT2D eigenvalue weighted by molar-refractivity contribution is 6.16. The Labute approximate surface area is 185 Å². The third kappa shape index (κ3) is 3.97. The summed E-state index contributed by atoms with van der Waals surface area (Å²) < 4.78 is 16.2. The Bertz CT molecular complexity index is 1130. The van der Waals surface area contributed by atoms with Crippen LogP contribution in [0.1, 0.15) is 23.8 Å². The Morgan fingerprint density at radius 2 is 1.72 bits per heavy atom. The fourth-order valence-corrected chi connectivity index (χ4v) is 3.84. The molecule has 4 rings (SSSR count). The summed E-state index contributed by atoms with van der Waals surface area (Å²) in [6.07, 6.45) is 2.09. The van der Waals surface area contributed by atoms with Gasteiger partial charge in [0, 0.05) is 24.6 Å². The second-order valence-electron chi connectivity index (χ2n) is 7.34. The molecule has 164 valence electrons. The maximum atomic E-state index is 13.2. The molecule has 7 nitrogen and oxygen atoms in total. The normalized spacial score (nSPS) is 15.9. The Balaban J connectivity index is 1.72. The predicted octanol–water partition coefficient (Wildman–Crippen LogP) is 4.40. The van der Waals surface area contributed by atoms with Crippen molar-refractivity contribution in [1.29, 1.82) is 0 Å². The summed E-state index contributed by atoms with van der Waals surface area (Å²) in [4.78, 5) is 27.7. The van der Waals surface area contributed by atoms with Gasteiger partial charge >= 0.3 is 0 Å². The molecule has 2 aromatic carbocycles. The van der Waals surface area contributed by atoms with Crippen LogP contribution >= 0.6 is 0 Å². The molecule has 32 heavy (non-hydrogen) atoms. The second-order valence-corrected chi connectivity index (χ2v) is 7.34. The molecule has 0 saturated carbocycles. The highest BCUT2D eigenvalue weighted by atomic mass is 16.5. The van der Waals surface area contributed by atoms with E-state index >= 15 is 0 Å². The van der Waals surface area contributed by atoms with Crippen LogP contribution in [0.15, 0.2) is 82.7 Å². The average molecular weight is 433 g/mol. The molecule has 1 aromatic heterocycles. The molecule has 1 unspecified atom stereocenters. The lowest BCUT2D eigenvalue weighted by Crippen LogP contribution is -2.30. The number of benzene rings is 2. The number of furan rings is 1. The second kappa shape index (κ2) is 9.01. The van der Waals surface area contributed by atoms with E-state index < -0.39 is 17.7 Å². The van der Waals surface area contributed by atoms with Crippen molar-refractivity contribution in [2.45, 2.75) is 18.9 Å². The lowest BCUT2D eigenvalue weighted by Gasteiger charge is -2.25. The summed E-state index contributed by atoms with van der Waals surface area (Å²) in [6, 6.07) is 17.0. The van der Waals surface area contributed by atoms with Gasteiger partial charge in [0.15, 0.2) is 11.5 Å². The van der Waals surface area contributed by atoms with Crippen LogP contribution in [-0.4, -0.2) is 31.0 Å². The van der Waals surface area contributed by atoms with Crippen LogP contribution in [0.2, 0.25) is 0 Å². The maximum absolute atomic E-state index is 13.2. The van der Waals surface area contributed by atoms with Gasteiger partial charge in [-0.05, 0) is 24.1 Å². The summed E-state index contributed by atoms with van der Waals surface area (Å²) in [5.74, 6) is -0.288. The molecule has 0 aliphatic carbocycles. The number of Topliss-reactive ketones (excluding diaryl/α,β-unsaturated/α-hetero) is 1. The van der Waals surface area contributed by atoms with Crippen LogP contribution in [0.3, 0.4) is 0 Å². The van der Waals surface area contributed by atoms with Crippen LogP contribution in [0, 0.1) is 0 Å². The van der Waals surface area contributed by atoms with E-state index in [1.807, 2.05) is 30.3 Å². The minimum absolute atomic E-state index is 0.0164. The lowest BCUT2D eigenvalue weighted by atomic mass is 9.96. The SMILES string of the molecule is COc1cc(OC)cc(N2C(=O)C(O)=C(C(=O)CCc3ccccc3)C2c2ccco2)c1. The number of aliphatic hydroxyl groups excluding tert-OH is 1. The van der Waals surface area contributed by atoms with Gasteiger partial charge < -0.3 is 19.0 Å². The Hall–Kier alpha value is -4.00. The molecule has 0 saturated heterocycles. The van der Waals surface area contributed by atoms with E-state index in [4.69, 9.17) is 13.9 Å². The number of carbonyl (C=O) groups is 2. The van der Waals surface area contributed by atoms with Crippen molar-refractivity contribution in [3.63, 3.8) is 0 Å². The van der Waals surface area contributed by atoms with E-state index in [1.165, 1.54) is 25.4 Å². The van der Waals surface area contributed by atoms with Crippen LogP contribution in [0.25, 0.3) is 0 Å². The summed E-state index contributed by atoms with van der Waals surface area (Å²) in [5, 5.41) is 10.7. The first-order valence-corrected chi connectivity index (χ1v) is 10.1. The largest absolute Gasteiger partial charge is 0.503 e. The zero-order valence-electron chi connectivity index (χ0n) is 17.8. The molecule has 1 aliphatic heterocycles. The lowest BCUT2D eigenvalue weighted by molar-refractivity contribution is -0.118. The fourth-order valence-electron chi connectivity index (χ4n) is 3.84. The molecule has 0 radical (unpaired) electrons. The molecule has 0 fully saturated rings. The number of carbonyl (C=O) groups excluding carboxylic acids is 2. The number of anilines is 1. The number of aliphatic hydroxyl groups is 1. The number of amides is 1. The van der Waals surface area contributed by atoms with Crippen molar-refractivity contribution >= 4 is 17.4 Å². The fraction of sp³-hybridized carbons (Fsp3) is 0.200. The van der Waals surface area contributed by atoms with Gasteiger partial charge in [-0.3, -0.25) is 14.5 Å². The van der Waals surface area contributed by atoms with Crippen LogP contribution < -0.4 is 14.4 Å². The van der Waals surface area contributed by atoms with E-state index in [1.54, 1.807) is 30.3 Å². The third-order valence-electron chi connectivity index (χ3n) is 5.42. The van der Waals surface area contributed by atoms with Gasteiger partial charge in [-0.1, -0.05) is 30.3 Å². The van der Waals surface area contributed by atoms with Gasteiger partial charge in [-0.25, -0.2) is 0 Å². The molecular formula is C25H23NO6. The number of rotatable bonds is 8. The van der Waals surface area contributed by atoms with Gasteiger partial charge in [0.1, 0.15) is 23.3 Å². The molecule has 0 spiro atoms. The van der Waals surface area contributed by atoms with E-state index in [0.717, 1.165) is 5.56 Å². The van der Waals surface area contributed by atoms with Crippen molar-refractivity contribution in [3.05, 3.63) is 89.6 Å². The maximum Gasteiger partial charge on any atom is 0.294 e. The van der Waals surface area contributed by atoms with Crippen LogP contribution in [0.5, 0.6) is 11.5 Å². The Morgan fingerprint density at radius 1 is 1.03 bits per heavy atom. The van der Waals surface area contributed by atoms with E-state index in [-0.39, 0.29) is 17.8 Å². The number of methoxy groups -OCH3 is 2. The quantitative estimate of drug-likeness (QED) is 0.566. The molecule has 1 N–H and O–H groups in total. The monoisotopic (exact) mass is 433 g/mol. The number of nitrogens with zero attached hydrogens (tertiary/aromatic N) is 1. The van der Waals surface area contributed by atoms with Gasteiger partial charge in [-0.2, -0.15) is 0 Å². The molecular weight excluding hydrogens is 410 g/mol. The number of aryl methyl sites for hydroxylation is 1. The van der Waals surface area contributed by atoms with Crippen molar-refractivity contribution in [2.75, 3.05) is 19.1 Å². The summed E-state index contributed by atoms with van der Waals surface area (Å²) in [5.41, 5.74) is 1.42. The number of ether oxygens (including phenoxy) is 2. The first-order chi connectivity index (χ1) is 15.5. The van der Waals surface area contributed by atoms with E-state index in [0.29, 0.717) is 29.4 Å². The molecule has 1 aliphatic rings. The first-order valence-electron chi connectivity index (χ1n) is 10.1. The Kier molecular flexibility index (Phi) is 5.98. The van der Waals surface area contributed by atoms with E-state index in [2.05, 4.69) is 0 Å². The van der Waals surface area contributed by atoms with Gasteiger partial charge in [-0.15, -0.1) is 0 Å². The highest BCUT2D eigenvalue weighted by Gasteiger charge is 2.45.